The van der Waals surface area contributed by atoms with Crippen molar-refractivity contribution in [3.05, 3.63) is 107 Å². The molecule has 2 saturated heterocycles. The van der Waals surface area contributed by atoms with Crippen LogP contribution in [0.25, 0.3) is 0 Å². The summed E-state index contributed by atoms with van der Waals surface area (Å²) in [5.74, 6) is 0.206. The number of halogens is 1. The summed E-state index contributed by atoms with van der Waals surface area (Å²) in [6.07, 6.45) is 3.92. The van der Waals surface area contributed by atoms with Gasteiger partial charge in [-0.1, -0.05) is 84.4 Å². The number of aliphatic hydroxyl groups is 1. The predicted molar refractivity (Wildman–Crippen MR) is 145 cm³/mol. The van der Waals surface area contributed by atoms with Crippen LogP contribution in [0.15, 0.2) is 84.9 Å². The van der Waals surface area contributed by atoms with Crippen molar-refractivity contribution in [3.63, 3.8) is 0 Å². The average Bonchev–Trinajstić information content (AvgIpc) is 3.46. The number of likely N-dealkylation sites (tertiary alicyclic amines) is 2. The average molecular weight is 503 g/mol. The minimum Gasteiger partial charge on any atom is -0.393 e. The van der Waals surface area contributed by atoms with Gasteiger partial charge in [0.1, 0.15) is 5.41 Å². The van der Waals surface area contributed by atoms with E-state index in [9.17, 15) is 9.90 Å². The van der Waals surface area contributed by atoms with Crippen LogP contribution >= 0.6 is 11.6 Å². The molecule has 0 aliphatic carbocycles. The Morgan fingerprint density at radius 3 is 2.03 bits per heavy atom. The minimum absolute atomic E-state index is 0.0946. The zero-order chi connectivity index (χ0) is 25.0. The molecule has 36 heavy (non-hydrogen) atoms. The second kappa shape index (κ2) is 11.2. The van der Waals surface area contributed by atoms with Crippen molar-refractivity contribution < 1.29 is 9.90 Å². The van der Waals surface area contributed by atoms with E-state index in [0.717, 1.165) is 62.1 Å². The molecule has 2 aliphatic rings. The number of rotatable bonds is 7. The number of piperidine rings is 1. The van der Waals surface area contributed by atoms with Crippen molar-refractivity contribution in [3.8, 4) is 0 Å². The van der Waals surface area contributed by atoms with Crippen LogP contribution in [0.3, 0.4) is 0 Å². The molecule has 0 spiro atoms. The summed E-state index contributed by atoms with van der Waals surface area (Å²) in [4.78, 5) is 19.0. The zero-order valence-electron chi connectivity index (χ0n) is 20.7. The molecule has 2 fully saturated rings. The zero-order valence-corrected chi connectivity index (χ0v) is 21.5. The fraction of sp³-hybridized carbons (Fsp3) is 0.387. The number of carbonyl (C=O) groups is 1. The van der Waals surface area contributed by atoms with Crippen LogP contribution in [0.5, 0.6) is 0 Å². The topological polar surface area (TPSA) is 43.8 Å². The van der Waals surface area contributed by atoms with E-state index in [1.807, 2.05) is 48.5 Å². The molecule has 188 valence electrons. The van der Waals surface area contributed by atoms with Crippen LogP contribution < -0.4 is 0 Å². The number of benzene rings is 3. The predicted octanol–water partition coefficient (Wildman–Crippen LogP) is 5.84. The molecule has 0 radical (unpaired) electrons. The lowest BCUT2D eigenvalue weighted by molar-refractivity contribution is -0.135. The maximum Gasteiger partial charge on any atom is 0.237 e. The van der Waals surface area contributed by atoms with E-state index < -0.39 is 5.41 Å². The molecule has 5 rings (SSSR count). The first-order valence-electron chi connectivity index (χ1n) is 13.2. The van der Waals surface area contributed by atoms with Gasteiger partial charge in [0.2, 0.25) is 5.91 Å². The normalized spacial score (nSPS) is 21.0. The molecule has 2 aliphatic heterocycles. The fourth-order valence-corrected chi connectivity index (χ4v) is 6.18. The summed E-state index contributed by atoms with van der Waals surface area (Å²) < 4.78 is 0. The lowest BCUT2D eigenvalue weighted by Gasteiger charge is -2.42. The maximum atomic E-state index is 14.4. The molecule has 2 heterocycles. The van der Waals surface area contributed by atoms with Crippen molar-refractivity contribution >= 4 is 17.5 Å². The van der Waals surface area contributed by atoms with E-state index in [1.54, 1.807) is 0 Å². The number of aliphatic hydroxyl groups excluding tert-OH is 1. The van der Waals surface area contributed by atoms with E-state index in [0.29, 0.717) is 17.9 Å². The third-order valence-corrected chi connectivity index (χ3v) is 8.26. The van der Waals surface area contributed by atoms with E-state index in [-0.39, 0.29) is 18.1 Å². The first-order valence-corrected chi connectivity index (χ1v) is 13.5. The van der Waals surface area contributed by atoms with Crippen LogP contribution in [0.1, 0.15) is 54.8 Å². The Bertz CT molecular complexity index is 1090. The molecular formula is C31H35ClN2O2. The second-order valence-corrected chi connectivity index (χ2v) is 10.6. The highest BCUT2D eigenvalue weighted by Crippen LogP contribution is 2.41. The lowest BCUT2D eigenvalue weighted by atomic mass is 9.70. The molecule has 2 atom stereocenters. The van der Waals surface area contributed by atoms with Gasteiger partial charge in [-0.15, -0.1) is 0 Å². The molecule has 1 amide bonds. The van der Waals surface area contributed by atoms with Gasteiger partial charge in [0, 0.05) is 37.2 Å². The Morgan fingerprint density at radius 2 is 1.44 bits per heavy atom. The van der Waals surface area contributed by atoms with E-state index >= 15 is 0 Å². The van der Waals surface area contributed by atoms with Crippen LogP contribution in [0.2, 0.25) is 5.02 Å². The van der Waals surface area contributed by atoms with Crippen molar-refractivity contribution in [2.24, 2.45) is 0 Å². The van der Waals surface area contributed by atoms with E-state index in [4.69, 9.17) is 11.6 Å². The smallest absolute Gasteiger partial charge is 0.237 e. The molecule has 4 nitrogen and oxygen atoms in total. The Kier molecular flexibility index (Phi) is 7.76. The molecule has 5 heteroatoms. The highest BCUT2D eigenvalue weighted by Gasteiger charge is 2.45. The largest absolute Gasteiger partial charge is 0.393 e. The SMILES string of the molecule is O=C(N1CCCC1)C(CCN1CCC(O)CC1c1ccc(Cl)cc1)(c1ccccc1)c1ccccc1. The van der Waals surface area contributed by atoms with Gasteiger partial charge < -0.3 is 10.0 Å². The molecule has 3 aromatic carbocycles. The van der Waals surface area contributed by atoms with E-state index in [2.05, 4.69) is 46.2 Å². The van der Waals surface area contributed by atoms with Crippen molar-refractivity contribution in [2.45, 2.75) is 49.7 Å². The number of hydrogen-bond donors (Lipinski definition) is 1. The number of hydrogen-bond acceptors (Lipinski definition) is 3. The van der Waals surface area contributed by atoms with Crippen molar-refractivity contribution in [1.82, 2.24) is 9.80 Å². The van der Waals surface area contributed by atoms with Crippen LogP contribution in [-0.4, -0.2) is 53.1 Å². The van der Waals surface area contributed by atoms with Crippen LogP contribution in [0, 0.1) is 0 Å². The minimum atomic E-state index is -0.756. The van der Waals surface area contributed by atoms with Gasteiger partial charge in [0.15, 0.2) is 0 Å². The Balaban J connectivity index is 1.53. The van der Waals surface area contributed by atoms with Gasteiger partial charge in [-0.3, -0.25) is 9.69 Å². The number of amides is 1. The highest BCUT2D eigenvalue weighted by atomic mass is 35.5. The summed E-state index contributed by atoms with van der Waals surface area (Å²) >= 11 is 6.16. The van der Waals surface area contributed by atoms with Gasteiger partial charge in [-0.2, -0.15) is 0 Å². The third-order valence-electron chi connectivity index (χ3n) is 8.01. The van der Waals surface area contributed by atoms with Crippen molar-refractivity contribution in [2.75, 3.05) is 26.2 Å². The molecule has 0 saturated carbocycles. The number of nitrogens with zero attached hydrogens (tertiary/aromatic N) is 2. The molecular weight excluding hydrogens is 468 g/mol. The van der Waals surface area contributed by atoms with Gasteiger partial charge in [0.05, 0.1) is 6.10 Å². The van der Waals surface area contributed by atoms with Gasteiger partial charge in [0.25, 0.3) is 0 Å². The Morgan fingerprint density at radius 1 is 0.861 bits per heavy atom. The fourth-order valence-electron chi connectivity index (χ4n) is 6.05. The molecule has 0 bridgehead atoms. The standard InChI is InChI=1S/C31H35ClN2O2/c32-27-15-13-24(14-16-27)29-23-28(35)17-21-33(29)22-18-31(25-9-3-1-4-10-25,26-11-5-2-6-12-26)30(36)34-19-7-8-20-34/h1-6,9-16,28-29,35H,7-8,17-23H2. The molecule has 3 aromatic rings. The summed E-state index contributed by atoms with van der Waals surface area (Å²) in [5, 5.41) is 11.2. The van der Waals surface area contributed by atoms with Crippen molar-refractivity contribution in [1.29, 1.82) is 0 Å². The third kappa shape index (κ3) is 5.08. The monoisotopic (exact) mass is 502 g/mol. The lowest BCUT2D eigenvalue weighted by Crippen LogP contribution is -2.49. The van der Waals surface area contributed by atoms with Gasteiger partial charge in [-0.05, 0) is 60.9 Å². The first-order chi connectivity index (χ1) is 17.6. The Hall–Kier alpha value is -2.66. The molecule has 2 unspecified atom stereocenters. The molecule has 1 N–H and O–H groups in total. The first kappa shape index (κ1) is 25.0. The summed E-state index contributed by atoms with van der Waals surface area (Å²) in [7, 11) is 0. The second-order valence-electron chi connectivity index (χ2n) is 10.2. The Labute approximate surface area is 219 Å². The summed E-state index contributed by atoms with van der Waals surface area (Å²) in [5.41, 5.74) is 2.50. The van der Waals surface area contributed by atoms with Gasteiger partial charge >= 0.3 is 0 Å². The van der Waals surface area contributed by atoms with Crippen LogP contribution in [-0.2, 0) is 10.2 Å². The van der Waals surface area contributed by atoms with Crippen LogP contribution in [0.4, 0.5) is 0 Å². The number of carbonyl (C=O) groups excluding carboxylic acids is 1. The summed E-state index contributed by atoms with van der Waals surface area (Å²) in [6.45, 7) is 3.20. The van der Waals surface area contributed by atoms with Gasteiger partial charge in [-0.25, -0.2) is 0 Å². The molecule has 0 aromatic heterocycles. The van der Waals surface area contributed by atoms with E-state index in [1.165, 1.54) is 0 Å². The summed E-state index contributed by atoms with van der Waals surface area (Å²) in [6, 6.07) is 28.7. The maximum absolute atomic E-state index is 14.4. The quantitative estimate of drug-likeness (QED) is 0.441. The highest BCUT2D eigenvalue weighted by molar-refractivity contribution is 6.30.